The Hall–Kier alpha value is -3.50. The van der Waals surface area contributed by atoms with Crippen LogP contribution in [0.2, 0.25) is 0 Å². The topological polar surface area (TPSA) is 95.2 Å². The van der Waals surface area contributed by atoms with Gasteiger partial charge < -0.3 is 14.2 Å². The Morgan fingerprint density at radius 2 is 1.68 bits per heavy atom. The first kappa shape index (κ1) is 20.8. The molecule has 0 bridgehead atoms. The molecule has 0 aliphatic heterocycles. The number of hydrazone groups is 1. The highest BCUT2D eigenvalue weighted by Crippen LogP contribution is 2.38. The molecule has 8 nitrogen and oxygen atoms in total. The standard InChI is InChI=1S/C17H16F3N3O5/c1-26-14-6-10(7-15(27-2)16(14)28-3)9-21-22-12-5-4-11(17(18,19)20)8-13(12)23(24)25/h4-9,22H,1-3H3/b21-9-. The summed E-state index contributed by atoms with van der Waals surface area (Å²) in [6.45, 7) is 0. The number of nitrogens with zero attached hydrogens (tertiary/aromatic N) is 2. The van der Waals surface area contributed by atoms with Crippen LogP contribution in [0.4, 0.5) is 24.5 Å². The maximum absolute atomic E-state index is 12.7. The number of hydrogen-bond acceptors (Lipinski definition) is 7. The number of ether oxygens (including phenoxy) is 3. The molecule has 0 saturated carbocycles. The molecular weight excluding hydrogens is 383 g/mol. The Kier molecular flexibility index (Phi) is 6.29. The third-order valence-electron chi connectivity index (χ3n) is 3.61. The minimum atomic E-state index is -4.69. The molecule has 0 aromatic heterocycles. The van der Waals surface area contributed by atoms with E-state index in [9.17, 15) is 23.3 Å². The van der Waals surface area contributed by atoms with E-state index >= 15 is 0 Å². The van der Waals surface area contributed by atoms with Gasteiger partial charge >= 0.3 is 6.18 Å². The maximum atomic E-state index is 12.7. The molecule has 11 heteroatoms. The molecule has 2 rings (SSSR count). The molecule has 0 radical (unpaired) electrons. The smallest absolute Gasteiger partial charge is 0.416 e. The van der Waals surface area contributed by atoms with Crippen molar-refractivity contribution in [2.24, 2.45) is 5.10 Å². The van der Waals surface area contributed by atoms with E-state index in [-0.39, 0.29) is 5.69 Å². The van der Waals surface area contributed by atoms with Crippen molar-refractivity contribution in [3.8, 4) is 17.2 Å². The van der Waals surface area contributed by atoms with Gasteiger partial charge in [-0.05, 0) is 24.3 Å². The normalized spacial score (nSPS) is 11.4. The van der Waals surface area contributed by atoms with Crippen LogP contribution in [0.3, 0.4) is 0 Å². The largest absolute Gasteiger partial charge is 0.493 e. The molecule has 0 aliphatic rings. The Labute approximate surface area is 157 Å². The molecule has 0 heterocycles. The van der Waals surface area contributed by atoms with Gasteiger partial charge in [0.1, 0.15) is 5.69 Å². The Morgan fingerprint density at radius 3 is 2.14 bits per heavy atom. The molecule has 0 unspecified atom stereocenters. The number of methoxy groups -OCH3 is 3. The summed E-state index contributed by atoms with van der Waals surface area (Å²) in [6, 6.07) is 5.26. The summed E-state index contributed by atoms with van der Waals surface area (Å²) in [4.78, 5) is 10.1. The number of benzene rings is 2. The van der Waals surface area contributed by atoms with Crippen molar-refractivity contribution >= 4 is 17.6 Å². The Bertz CT molecular complexity index is 875. The van der Waals surface area contributed by atoms with Gasteiger partial charge in [-0.25, -0.2) is 0 Å². The van der Waals surface area contributed by atoms with Crippen LogP contribution < -0.4 is 19.6 Å². The van der Waals surface area contributed by atoms with E-state index in [4.69, 9.17) is 14.2 Å². The summed E-state index contributed by atoms with van der Waals surface area (Å²) in [5, 5.41) is 14.9. The lowest BCUT2D eigenvalue weighted by atomic mass is 10.1. The number of hydrogen-bond donors (Lipinski definition) is 1. The maximum Gasteiger partial charge on any atom is 0.416 e. The van der Waals surface area contributed by atoms with E-state index < -0.39 is 22.4 Å². The number of halogens is 3. The van der Waals surface area contributed by atoms with Gasteiger partial charge in [-0.15, -0.1) is 0 Å². The molecule has 1 N–H and O–H groups in total. The van der Waals surface area contributed by atoms with E-state index in [0.29, 0.717) is 28.9 Å². The summed E-state index contributed by atoms with van der Waals surface area (Å²) < 4.78 is 53.8. The molecule has 0 amide bonds. The van der Waals surface area contributed by atoms with Crippen molar-refractivity contribution in [1.29, 1.82) is 0 Å². The zero-order chi connectivity index (χ0) is 20.9. The van der Waals surface area contributed by atoms with E-state index in [2.05, 4.69) is 10.5 Å². The van der Waals surface area contributed by atoms with Crippen LogP contribution in [-0.4, -0.2) is 32.5 Å². The van der Waals surface area contributed by atoms with E-state index in [1.54, 1.807) is 12.1 Å². The van der Waals surface area contributed by atoms with Gasteiger partial charge in [0.25, 0.3) is 5.69 Å². The second kappa shape index (κ2) is 8.46. The average molecular weight is 399 g/mol. The molecule has 28 heavy (non-hydrogen) atoms. The van der Waals surface area contributed by atoms with Crippen LogP contribution in [0, 0.1) is 10.1 Å². The highest BCUT2D eigenvalue weighted by molar-refractivity contribution is 5.83. The van der Waals surface area contributed by atoms with Crippen molar-refractivity contribution in [1.82, 2.24) is 0 Å². The molecule has 2 aromatic carbocycles. The van der Waals surface area contributed by atoms with Gasteiger partial charge in [0, 0.05) is 11.6 Å². The lowest BCUT2D eigenvalue weighted by Gasteiger charge is -2.12. The Balaban J connectivity index is 2.31. The third kappa shape index (κ3) is 4.61. The summed E-state index contributed by atoms with van der Waals surface area (Å²) in [5.41, 5.74) is 0.797. The lowest BCUT2D eigenvalue weighted by Crippen LogP contribution is -2.06. The SMILES string of the molecule is COc1cc(/C=N\Nc2ccc(C(F)(F)F)cc2[N+](=O)[O-])cc(OC)c1OC. The second-order valence-electron chi connectivity index (χ2n) is 5.32. The molecule has 0 aliphatic carbocycles. The number of rotatable bonds is 7. The van der Waals surface area contributed by atoms with Gasteiger partial charge in [-0.2, -0.15) is 18.3 Å². The van der Waals surface area contributed by atoms with E-state index in [1.165, 1.54) is 27.5 Å². The van der Waals surface area contributed by atoms with Crippen LogP contribution in [0.25, 0.3) is 0 Å². The zero-order valence-corrected chi connectivity index (χ0v) is 15.0. The number of alkyl halides is 3. The van der Waals surface area contributed by atoms with Crippen LogP contribution >= 0.6 is 0 Å². The second-order valence-corrected chi connectivity index (χ2v) is 5.32. The van der Waals surface area contributed by atoms with E-state index in [0.717, 1.165) is 12.1 Å². The summed E-state index contributed by atoms with van der Waals surface area (Å²) in [5.74, 6) is 1.10. The van der Waals surface area contributed by atoms with Crippen molar-refractivity contribution in [3.05, 3.63) is 51.6 Å². The van der Waals surface area contributed by atoms with Crippen LogP contribution in [0.5, 0.6) is 17.2 Å². The van der Waals surface area contributed by atoms with Gasteiger partial charge in [0.2, 0.25) is 5.75 Å². The van der Waals surface area contributed by atoms with Crippen LogP contribution in [0.1, 0.15) is 11.1 Å². The predicted molar refractivity (Wildman–Crippen MR) is 95.4 cm³/mol. The molecule has 0 spiro atoms. The van der Waals surface area contributed by atoms with Crippen molar-refractivity contribution < 1.29 is 32.3 Å². The monoisotopic (exact) mass is 399 g/mol. The number of nitro benzene ring substituents is 1. The first-order valence-electron chi connectivity index (χ1n) is 7.66. The Morgan fingerprint density at radius 1 is 1.07 bits per heavy atom. The summed E-state index contributed by atoms with van der Waals surface area (Å²) >= 11 is 0. The minimum Gasteiger partial charge on any atom is -0.493 e. The average Bonchev–Trinajstić information content (AvgIpc) is 2.66. The zero-order valence-electron chi connectivity index (χ0n) is 15.0. The van der Waals surface area contributed by atoms with Crippen LogP contribution in [0.15, 0.2) is 35.4 Å². The van der Waals surface area contributed by atoms with Gasteiger partial charge in [-0.1, -0.05) is 0 Å². The molecule has 150 valence electrons. The van der Waals surface area contributed by atoms with Gasteiger partial charge in [0.15, 0.2) is 11.5 Å². The van der Waals surface area contributed by atoms with Crippen molar-refractivity contribution in [3.63, 3.8) is 0 Å². The summed E-state index contributed by atoms with van der Waals surface area (Å²) in [6.07, 6.45) is -3.39. The first-order valence-corrected chi connectivity index (χ1v) is 7.66. The predicted octanol–water partition coefficient (Wildman–Crippen LogP) is 4.09. The summed E-state index contributed by atoms with van der Waals surface area (Å²) in [7, 11) is 4.31. The van der Waals surface area contributed by atoms with Crippen molar-refractivity contribution in [2.45, 2.75) is 6.18 Å². The van der Waals surface area contributed by atoms with E-state index in [1.807, 2.05) is 0 Å². The first-order chi connectivity index (χ1) is 13.2. The fraction of sp³-hybridized carbons (Fsp3) is 0.235. The highest BCUT2D eigenvalue weighted by Gasteiger charge is 2.33. The molecular formula is C17H16F3N3O5. The molecule has 0 fully saturated rings. The fourth-order valence-corrected chi connectivity index (χ4v) is 2.31. The highest BCUT2D eigenvalue weighted by atomic mass is 19.4. The lowest BCUT2D eigenvalue weighted by molar-refractivity contribution is -0.384. The van der Waals surface area contributed by atoms with Gasteiger partial charge in [0.05, 0.1) is 38.0 Å². The van der Waals surface area contributed by atoms with Crippen molar-refractivity contribution in [2.75, 3.05) is 26.8 Å². The van der Waals surface area contributed by atoms with Gasteiger partial charge in [-0.3, -0.25) is 15.5 Å². The third-order valence-corrected chi connectivity index (χ3v) is 3.61. The number of nitrogens with one attached hydrogen (secondary N) is 1. The minimum absolute atomic E-state index is 0.193. The number of nitro groups is 1. The fourth-order valence-electron chi connectivity index (χ4n) is 2.31. The van der Waals surface area contributed by atoms with Crippen LogP contribution in [-0.2, 0) is 6.18 Å². The molecule has 0 saturated heterocycles. The molecule has 2 aromatic rings. The quantitative estimate of drug-likeness (QED) is 0.428. The molecule has 0 atom stereocenters. The number of anilines is 1.